The number of carbonyl (C=O) groups is 1. The van der Waals surface area contributed by atoms with Gasteiger partial charge in [-0.2, -0.15) is 0 Å². The van der Waals surface area contributed by atoms with Crippen molar-refractivity contribution >= 4 is 22.7 Å². The molecule has 1 aromatic heterocycles. The molecular formula is C31H42N4O4. The van der Waals surface area contributed by atoms with Crippen LogP contribution in [0.15, 0.2) is 34.1 Å². The summed E-state index contributed by atoms with van der Waals surface area (Å²) in [5.74, 6) is 0.497. The maximum Gasteiger partial charge on any atom is 0.356 e. The van der Waals surface area contributed by atoms with E-state index in [1.807, 2.05) is 28.8 Å². The number of para-hydroxylation sites is 2. The van der Waals surface area contributed by atoms with Gasteiger partial charge in [-0.3, -0.25) is 14.7 Å². The molecule has 3 heterocycles. The summed E-state index contributed by atoms with van der Waals surface area (Å²) < 4.78 is 1.85. The van der Waals surface area contributed by atoms with Crippen LogP contribution in [0.2, 0.25) is 0 Å². The fraction of sp³-hybridized carbons (Fsp3) is 0.677. The number of fused-ring (bicyclic) bond motifs is 5. The zero-order valence-electron chi connectivity index (χ0n) is 22.9. The first-order valence-electron chi connectivity index (χ1n) is 15.2. The van der Waals surface area contributed by atoms with Crippen molar-refractivity contribution in [2.75, 3.05) is 13.2 Å². The van der Waals surface area contributed by atoms with Crippen LogP contribution in [0.4, 0.5) is 0 Å². The molecule has 0 amide bonds. The second kappa shape index (κ2) is 11.5. The molecule has 2 N–H and O–H groups in total. The summed E-state index contributed by atoms with van der Waals surface area (Å²) in [5.41, 5.74) is 0.622. The summed E-state index contributed by atoms with van der Waals surface area (Å²) in [5, 5.41) is 19.1. The summed E-state index contributed by atoms with van der Waals surface area (Å²) in [6.45, 7) is 0.0492. The van der Waals surface area contributed by atoms with Gasteiger partial charge in [0.15, 0.2) is 11.4 Å². The van der Waals surface area contributed by atoms with E-state index in [9.17, 15) is 14.7 Å². The molecule has 2 aliphatic heterocycles. The monoisotopic (exact) mass is 534 g/mol. The molecule has 1 aromatic carbocycles. The summed E-state index contributed by atoms with van der Waals surface area (Å²) in [4.78, 5) is 37.8. The third kappa shape index (κ3) is 5.30. The van der Waals surface area contributed by atoms with E-state index in [2.05, 4.69) is 14.9 Å². The van der Waals surface area contributed by atoms with Crippen LogP contribution in [0, 0.1) is 11.8 Å². The van der Waals surface area contributed by atoms with Crippen LogP contribution in [0.1, 0.15) is 95.2 Å². The van der Waals surface area contributed by atoms with Crippen molar-refractivity contribution in [1.29, 1.82) is 0 Å². The lowest BCUT2D eigenvalue weighted by molar-refractivity contribution is -0.129. The summed E-state index contributed by atoms with van der Waals surface area (Å²) in [6, 6.07) is 9.19. The molecule has 8 heteroatoms. The second-order valence-corrected chi connectivity index (χ2v) is 12.4. The Kier molecular flexibility index (Phi) is 7.85. The molecule has 2 saturated carbocycles. The minimum absolute atomic E-state index is 0.00838. The number of benzene rings is 1. The molecule has 4 bridgehead atoms. The summed E-state index contributed by atoms with van der Waals surface area (Å²) >= 11 is 0. The number of piperidine rings is 2. The number of rotatable bonds is 7. The second-order valence-electron chi connectivity index (χ2n) is 12.4. The van der Waals surface area contributed by atoms with Crippen LogP contribution in [0.25, 0.3) is 11.0 Å². The highest BCUT2D eigenvalue weighted by Crippen LogP contribution is 2.47. The maximum absolute atomic E-state index is 14.0. The Bertz CT molecular complexity index is 1260. The fourth-order valence-electron chi connectivity index (χ4n) is 8.48. The van der Waals surface area contributed by atoms with Gasteiger partial charge in [-0.25, -0.2) is 9.78 Å². The predicted molar refractivity (Wildman–Crippen MR) is 151 cm³/mol. The van der Waals surface area contributed by atoms with Crippen LogP contribution in [0.5, 0.6) is 0 Å². The first kappa shape index (κ1) is 26.6. The molecule has 0 spiro atoms. The first-order chi connectivity index (χ1) is 19.0. The number of aromatic nitrogens is 2. The molecular weight excluding hydrogens is 492 g/mol. The number of aliphatic hydroxyl groups is 1. The molecule has 4 atom stereocenters. The van der Waals surface area contributed by atoms with Crippen molar-refractivity contribution in [2.45, 2.75) is 108 Å². The average molecular weight is 535 g/mol. The molecule has 210 valence electrons. The third-order valence-corrected chi connectivity index (χ3v) is 9.95. The van der Waals surface area contributed by atoms with Crippen molar-refractivity contribution in [2.24, 2.45) is 16.8 Å². The van der Waals surface area contributed by atoms with Crippen LogP contribution in [-0.2, 0) is 4.79 Å². The molecule has 4 fully saturated rings. The topological polar surface area (TPSA) is 108 Å². The highest BCUT2D eigenvalue weighted by Gasteiger charge is 2.45. The minimum Gasteiger partial charge on any atom is -0.476 e. The molecule has 4 aliphatic rings. The maximum atomic E-state index is 14.0. The lowest BCUT2D eigenvalue weighted by atomic mass is 9.73. The SMILES string of the molecule is O=C(O)C(=NCCCO)c1nc2ccccc2n(C2CC3CCCC(C2)N3C2CC3CCCCC(C3)C2)c1=O. The van der Waals surface area contributed by atoms with Crippen LogP contribution in [0.3, 0.4) is 0 Å². The van der Waals surface area contributed by atoms with E-state index in [0.717, 1.165) is 30.2 Å². The van der Waals surface area contributed by atoms with Crippen LogP contribution in [-0.4, -0.2) is 67.6 Å². The Morgan fingerprint density at radius 2 is 1.59 bits per heavy atom. The average Bonchev–Trinajstić information content (AvgIpc) is 3.09. The van der Waals surface area contributed by atoms with Gasteiger partial charge in [0, 0.05) is 37.3 Å². The van der Waals surface area contributed by atoms with Gasteiger partial charge in [-0.05, 0) is 75.3 Å². The molecule has 6 rings (SSSR count). The van der Waals surface area contributed by atoms with E-state index in [0.29, 0.717) is 30.1 Å². The van der Waals surface area contributed by atoms with Crippen LogP contribution < -0.4 is 5.56 Å². The third-order valence-electron chi connectivity index (χ3n) is 9.95. The smallest absolute Gasteiger partial charge is 0.356 e. The van der Waals surface area contributed by atoms with Gasteiger partial charge in [0.1, 0.15) is 0 Å². The number of aliphatic carboxylic acids is 1. The minimum atomic E-state index is -1.26. The molecule has 8 nitrogen and oxygen atoms in total. The van der Waals surface area contributed by atoms with E-state index < -0.39 is 5.97 Å². The number of hydrogen-bond acceptors (Lipinski definition) is 6. The molecule has 4 unspecified atom stereocenters. The fourth-order valence-corrected chi connectivity index (χ4v) is 8.48. The Morgan fingerprint density at radius 3 is 2.26 bits per heavy atom. The van der Waals surface area contributed by atoms with Gasteiger partial charge in [-0.1, -0.05) is 44.2 Å². The zero-order valence-corrected chi connectivity index (χ0v) is 22.9. The number of carboxylic acid groups (broad SMARTS) is 1. The van der Waals surface area contributed by atoms with E-state index in [-0.39, 0.29) is 36.2 Å². The molecule has 2 aliphatic carbocycles. The lowest BCUT2D eigenvalue weighted by Gasteiger charge is -2.54. The number of aliphatic hydroxyl groups excluding tert-OH is 1. The molecule has 0 radical (unpaired) electrons. The van der Waals surface area contributed by atoms with Crippen LogP contribution >= 0.6 is 0 Å². The summed E-state index contributed by atoms with van der Waals surface area (Å²) in [6.07, 6.45) is 15.4. The number of nitrogens with zero attached hydrogens (tertiary/aromatic N) is 4. The Hall–Kier alpha value is -2.58. The highest BCUT2D eigenvalue weighted by atomic mass is 16.4. The number of aliphatic imine (C=N–C) groups is 1. The van der Waals surface area contributed by atoms with Gasteiger partial charge >= 0.3 is 5.97 Å². The van der Waals surface area contributed by atoms with E-state index in [1.54, 1.807) is 0 Å². The summed E-state index contributed by atoms with van der Waals surface area (Å²) in [7, 11) is 0. The first-order valence-corrected chi connectivity index (χ1v) is 15.2. The lowest BCUT2D eigenvalue weighted by Crippen LogP contribution is -2.58. The largest absolute Gasteiger partial charge is 0.476 e. The van der Waals surface area contributed by atoms with Crippen molar-refractivity contribution in [3.05, 3.63) is 40.3 Å². The number of carboxylic acids is 1. The van der Waals surface area contributed by atoms with Gasteiger partial charge in [0.05, 0.1) is 11.0 Å². The highest BCUT2D eigenvalue weighted by molar-refractivity contribution is 6.42. The van der Waals surface area contributed by atoms with Gasteiger partial charge in [0.2, 0.25) is 0 Å². The normalized spacial score (nSPS) is 31.7. The van der Waals surface area contributed by atoms with Gasteiger partial charge in [0.25, 0.3) is 5.56 Å². The molecule has 2 saturated heterocycles. The van der Waals surface area contributed by atoms with Crippen molar-refractivity contribution < 1.29 is 15.0 Å². The van der Waals surface area contributed by atoms with Gasteiger partial charge < -0.3 is 14.8 Å². The Labute approximate surface area is 230 Å². The van der Waals surface area contributed by atoms with E-state index in [4.69, 9.17) is 5.11 Å². The zero-order chi connectivity index (χ0) is 26.9. The number of hydrogen-bond donors (Lipinski definition) is 2. The predicted octanol–water partition coefficient (Wildman–Crippen LogP) is 4.57. The van der Waals surface area contributed by atoms with Crippen molar-refractivity contribution in [1.82, 2.24) is 14.5 Å². The van der Waals surface area contributed by atoms with E-state index >= 15 is 0 Å². The van der Waals surface area contributed by atoms with Gasteiger partial charge in [-0.15, -0.1) is 0 Å². The molecule has 2 aromatic rings. The quantitative estimate of drug-likeness (QED) is 0.398. The molecule has 39 heavy (non-hydrogen) atoms. The van der Waals surface area contributed by atoms with Crippen molar-refractivity contribution in [3.8, 4) is 0 Å². The van der Waals surface area contributed by atoms with E-state index in [1.165, 1.54) is 64.2 Å². The Morgan fingerprint density at radius 1 is 0.897 bits per heavy atom. The standard InChI is InChI=1S/C31H42N4O4/c36-14-6-13-32-29(31(38)39)28-30(37)35(27-12-4-3-11-26(27)33-28)25-18-22-9-5-10-23(19-25)34(22)24-16-20-7-1-2-8-21(15-20)17-24/h3-4,11-12,20-25,36H,1-2,5-10,13-19H2,(H,38,39). The Balaban J connectivity index is 1.35. The van der Waals surface area contributed by atoms with Crippen molar-refractivity contribution in [3.63, 3.8) is 0 Å².